The highest BCUT2D eigenvalue weighted by Crippen LogP contribution is 2.22. The van der Waals surface area contributed by atoms with E-state index >= 15 is 0 Å². The van der Waals surface area contributed by atoms with Crippen LogP contribution in [0.5, 0.6) is 5.75 Å². The highest BCUT2D eigenvalue weighted by Gasteiger charge is 2.23. The van der Waals surface area contributed by atoms with Crippen LogP contribution < -0.4 is 14.8 Å². The van der Waals surface area contributed by atoms with Crippen LogP contribution >= 0.6 is 0 Å². The minimum Gasteiger partial charge on any atom is -0.494 e. The topological polar surface area (TPSA) is 67.4 Å². The van der Waals surface area contributed by atoms with E-state index < -0.39 is 10.0 Å². The molecule has 0 unspecified atom stereocenters. The molecule has 1 aliphatic rings. The molecule has 0 bridgehead atoms. The molecule has 0 aliphatic carbocycles. The Morgan fingerprint density at radius 1 is 1.47 bits per heavy atom. The first-order chi connectivity index (χ1) is 9.03. The first kappa shape index (κ1) is 14.3. The summed E-state index contributed by atoms with van der Waals surface area (Å²) in [7, 11) is -3.44. The lowest BCUT2D eigenvalue weighted by Crippen LogP contribution is -2.36. The molecule has 2 N–H and O–H groups in total. The van der Waals surface area contributed by atoms with E-state index in [1.54, 1.807) is 18.2 Å². The summed E-state index contributed by atoms with van der Waals surface area (Å²) in [6.45, 7) is 5.86. The molecule has 0 spiro atoms. The van der Waals surface area contributed by atoms with Crippen LogP contribution in [0.15, 0.2) is 23.1 Å². The number of rotatable bonds is 5. The molecule has 1 aromatic carbocycles. The van der Waals surface area contributed by atoms with Gasteiger partial charge in [-0.3, -0.25) is 0 Å². The Kier molecular flexibility index (Phi) is 4.44. The number of aryl methyl sites for hydroxylation is 1. The molecular weight excluding hydrogens is 264 g/mol. The number of hydrogen-bond donors (Lipinski definition) is 2. The molecule has 0 amide bonds. The normalized spacial score (nSPS) is 19.6. The van der Waals surface area contributed by atoms with E-state index in [2.05, 4.69) is 10.0 Å². The molecule has 1 heterocycles. The summed E-state index contributed by atoms with van der Waals surface area (Å²) >= 11 is 0. The molecule has 0 aromatic heterocycles. The van der Waals surface area contributed by atoms with Gasteiger partial charge in [-0.2, -0.15) is 0 Å². The summed E-state index contributed by atoms with van der Waals surface area (Å²) < 4.78 is 32.6. The van der Waals surface area contributed by atoms with Crippen LogP contribution in [-0.2, 0) is 10.0 Å². The van der Waals surface area contributed by atoms with E-state index in [1.807, 2.05) is 13.8 Å². The Labute approximate surface area is 114 Å². The second kappa shape index (κ2) is 5.90. The molecule has 2 rings (SSSR count). The van der Waals surface area contributed by atoms with Crippen LogP contribution in [0.3, 0.4) is 0 Å². The molecule has 106 valence electrons. The Bertz CT molecular complexity index is 537. The van der Waals surface area contributed by atoms with Crippen molar-refractivity contribution in [2.75, 3.05) is 19.7 Å². The molecule has 1 aromatic rings. The highest BCUT2D eigenvalue weighted by atomic mass is 32.2. The summed E-state index contributed by atoms with van der Waals surface area (Å²) in [6, 6.07) is 4.93. The van der Waals surface area contributed by atoms with Crippen molar-refractivity contribution in [3.05, 3.63) is 23.8 Å². The second-order valence-corrected chi connectivity index (χ2v) is 6.39. The molecule has 5 nitrogen and oxygen atoms in total. The van der Waals surface area contributed by atoms with Gasteiger partial charge in [-0.05, 0) is 50.6 Å². The van der Waals surface area contributed by atoms with Gasteiger partial charge in [0.05, 0.1) is 11.5 Å². The molecule has 1 aliphatic heterocycles. The number of hydrogen-bond acceptors (Lipinski definition) is 4. The summed E-state index contributed by atoms with van der Waals surface area (Å²) in [5.74, 6) is 0.726. The van der Waals surface area contributed by atoms with E-state index in [0.29, 0.717) is 18.0 Å². The molecule has 19 heavy (non-hydrogen) atoms. The fraction of sp³-hybridized carbons (Fsp3) is 0.538. The highest BCUT2D eigenvalue weighted by molar-refractivity contribution is 7.89. The monoisotopic (exact) mass is 284 g/mol. The molecule has 1 fully saturated rings. The van der Waals surface area contributed by atoms with Crippen molar-refractivity contribution in [1.29, 1.82) is 0 Å². The Morgan fingerprint density at radius 2 is 2.26 bits per heavy atom. The smallest absolute Gasteiger partial charge is 0.240 e. The molecule has 0 radical (unpaired) electrons. The Balaban J connectivity index is 2.17. The zero-order valence-electron chi connectivity index (χ0n) is 11.3. The maximum Gasteiger partial charge on any atom is 0.240 e. The van der Waals surface area contributed by atoms with Crippen molar-refractivity contribution in [2.24, 2.45) is 0 Å². The van der Waals surface area contributed by atoms with Gasteiger partial charge in [-0.15, -0.1) is 0 Å². The maximum atomic E-state index is 12.2. The third-order valence-corrected chi connectivity index (χ3v) is 4.66. The van der Waals surface area contributed by atoms with Gasteiger partial charge in [-0.25, -0.2) is 13.1 Å². The maximum absolute atomic E-state index is 12.2. The van der Waals surface area contributed by atoms with Gasteiger partial charge in [0.1, 0.15) is 5.75 Å². The fourth-order valence-electron chi connectivity index (χ4n) is 2.15. The Hall–Kier alpha value is -1.11. The average Bonchev–Trinajstić information content (AvgIpc) is 2.84. The van der Waals surface area contributed by atoms with E-state index in [4.69, 9.17) is 4.74 Å². The average molecular weight is 284 g/mol. The molecule has 1 saturated heterocycles. The second-order valence-electron chi connectivity index (χ2n) is 4.67. The van der Waals surface area contributed by atoms with Gasteiger partial charge in [0.15, 0.2) is 0 Å². The lowest BCUT2D eigenvalue weighted by Gasteiger charge is -2.13. The number of sulfonamides is 1. The van der Waals surface area contributed by atoms with Crippen molar-refractivity contribution in [3.63, 3.8) is 0 Å². The first-order valence-electron chi connectivity index (χ1n) is 6.49. The van der Waals surface area contributed by atoms with Crippen LogP contribution in [0.1, 0.15) is 18.9 Å². The van der Waals surface area contributed by atoms with Crippen LogP contribution in [0.25, 0.3) is 0 Å². The van der Waals surface area contributed by atoms with Gasteiger partial charge in [0.2, 0.25) is 10.0 Å². The molecule has 1 atom stereocenters. The summed E-state index contributed by atoms with van der Waals surface area (Å²) in [4.78, 5) is 0.292. The summed E-state index contributed by atoms with van der Waals surface area (Å²) in [5, 5.41) is 3.14. The SMILES string of the molecule is CCOc1ccc(S(=O)(=O)N[C@@H]2CCNC2)cc1C. The van der Waals surface area contributed by atoms with Crippen LogP contribution in [0, 0.1) is 6.92 Å². The first-order valence-corrected chi connectivity index (χ1v) is 7.97. The van der Waals surface area contributed by atoms with Crippen molar-refractivity contribution in [1.82, 2.24) is 10.0 Å². The van der Waals surface area contributed by atoms with Crippen molar-refractivity contribution >= 4 is 10.0 Å². The number of ether oxygens (including phenoxy) is 1. The fourth-order valence-corrected chi connectivity index (χ4v) is 3.50. The lowest BCUT2D eigenvalue weighted by atomic mass is 10.2. The zero-order valence-corrected chi connectivity index (χ0v) is 12.1. The van der Waals surface area contributed by atoms with Crippen molar-refractivity contribution in [2.45, 2.75) is 31.2 Å². The third kappa shape index (κ3) is 3.46. The summed E-state index contributed by atoms with van der Waals surface area (Å²) in [5.41, 5.74) is 0.828. The van der Waals surface area contributed by atoms with Crippen LogP contribution in [-0.4, -0.2) is 34.2 Å². The van der Waals surface area contributed by atoms with Crippen LogP contribution in [0.4, 0.5) is 0 Å². The standard InChI is InChI=1S/C13H20N2O3S/c1-3-18-13-5-4-12(8-10(13)2)19(16,17)15-11-6-7-14-9-11/h4-5,8,11,14-15H,3,6-7,9H2,1-2H3/t11-/m1/s1. The van der Waals surface area contributed by atoms with Gasteiger partial charge < -0.3 is 10.1 Å². The van der Waals surface area contributed by atoms with Gasteiger partial charge in [-0.1, -0.05) is 0 Å². The number of nitrogens with one attached hydrogen (secondary N) is 2. The van der Waals surface area contributed by atoms with Gasteiger partial charge >= 0.3 is 0 Å². The predicted molar refractivity (Wildman–Crippen MR) is 73.9 cm³/mol. The van der Waals surface area contributed by atoms with E-state index in [0.717, 1.165) is 24.3 Å². The molecule has 0 saturated carbocycles. The van der Waals surface area contributed by atoms with E-state index in [1.165, 1.54) is 0 Å². The largest absolute Gasteiger partial charge is 0.494 e. The van der Waals surface area contributed by atoms with E-state index in [-0.39, 0.29) is 6.04 Å². The molecular formula is C13H20N2O3S. The van der Waals surface area contributed by atoms with Crippen molar-refractivity contribution in [3.8, 4) is 5.75 Å². The molecule has 6 heteroatoms. The van der Waals surface area contributed by atoms with Crippen molar-refractivity contribution < 1.29 is 13.2 Å². The van der Waals surface area contributed by atoms with E-state index in [9.17, 15) is 8.42 Å². The minimum absolute atomic E-state index is 0.0168. The quantitative estimate of drug-likeness (QED) is 0.847. The zero-order chi connectivity index (χ0) is 13.9. The summed E-state index contributed by atoms with van der Waals surface area (Å²) in [6.07, 6.45) is 0.829. The van der Waals surface area contributed by atoms with Crippen LogP contribution in [0.2, 0.25) is 0 Å². The van der Waals surface area contributed by atoms with Gasteiger partial charge in [0.25, 0.3) is 0 Å². The Morgan fingerprint density at radius 3 is 2.84 bits per heavy atom. The minimum atomic E-state index is -3.44. The third-order valence-electron chi connectivity index (χ3n) is 3.14. The number of benzene rings is 1. The van der Waals surface area contributed by atoms with Gasteiger partial charge in [0, 0.05) is 12.6 Å². The lowest BCUT2D eigenvalue weighted by molar-refractivity contribution is 0.337. The predicted octanol–water partition coefficient (Wildman–Crippen LogP) is 1.03.